The first kappa shape index (κ1) is 21.3. The minimum atomic E-state index is -3.24. The van der Waals surface area contributed by atoms with Crippen LogP contribution in [0.3, 0.4) is 0 Å². The molecule has 6 rings (SSSR count). The van der Waals surface area contributed by atoms with E-state index in [1.165, 1.54) is 0 Å². The molecule has 172 valence electrons. The van der Waals surface area contributed by atoms with Gasteiger partial charge in [0, 0.05) is 0 Å². The monoisotopic (exact) mass is 463 g/mol. The molecule has 2 aliphatic rings. The van der Waals surface area contributed by atoms with Crippen LogP contribution < -0.4 is 0 Å². The summed E-state index contributed by atoms with van der Waals surface area (Å²) in [7, 11) is 0. The molecule has 35 heavy (non-hydrogen) atoms. The van der Waals surface area contributed by atoms with Gasteiger partial charge in [-0.25, -0.2) is 0 Å². The van der Waals surface area contributed by atoms with Crippen LogP contribution in [0, 0.1) is 0 Å². The van der Waals surface area contributed by atoms with Gasteiger partial charge in [-0.15, -0.1) is 0 Å². The molecule has 0 unspecified atom stereocenters. The van der Waals surface area contributed by atoms with Gasteiger partial charge in [-0.2, -0.15) is 0 Å². The highest BCUT2D eigenvalue weighted by molar-refractivity contribution is 6.61. The highest BCUT2D eigenvalue weighted by atomic mass is 16.9. The van der Waals surface area contributed by atoms with Gasteiger partial charge in [0.15, 0.2) is 11.2 Å². The molecule has 2 heterocycles. The molecule has 1 spiro atoms. The van der Waals surface area contributed by atoms with Crippen LogP contribution in [0.2, 0.25) is 0 Å². The minimum Gasteiger partial charge on any atom is -0.605 e. The summed E-state index contributed by atoms with van der Waals surface area (Å²) in [6.45, 7) is -3.24. The molecule has 2 aliphatic heterocycles. The van der Waals surface area contributed by atoms with Gasteiger partial charge < -0.3 is 18.6 Å². The Morgan fingerprint density at radius 1 is 0.429 bits per heavy atom. The van der Waals surface area contributed by atoms with Crippen molar-refractivity contribution >= 4 is 18.9 Å². The normalized spacial score (nSPS) is 19.3. The van der Waals surface area contributed by atoms with Crippen LogP contribution in [-0.2, 0) is 39.4 Å². The third-order valence-corrected chi connectivity index (χ3v) is 6.44. The van der Waals surface area contributed by atoms with Crippen LogP contribution in [0.25, 0.3) is 0 Å². The predicted octanol–water partition coefficient (Wildman–Crippen LogP) is 4.46. The number of hydrogen-bond donors (Lipinski definition) is 0. The van der Waals surface area contributed by atoms with E-state index < -0.39 is 30.1 Å². The topological polar surface area (TPSA) is 71.1 Å². The third kappa shape index (κ3) is 3.13. The summed E-state index contributed by atoms with van der Waals surface area (Å²) < 4.78 is 24.2. The van der Waals surface area contributed by atoms with Gasteiger partial charge in [0.05, 0.1) is 0 Å². The Kier molecular flexibility index (Phi) is 4.84. The van der Waals surface area contributed by atoms with Crippen LogP contribution in [0.4, 0.5) is 0 Å². The molecule has 7 heteroatoms. The largest absolute Gasteiger partial charge is 0.658 e. The number of hydrogen-bond acceptors (Lipinski definition) is 6. The zero-order valence-corrected chi connectivity index (χ0v) is 18.6. The molecular weight excluding hydrogens is 443 g/mol. The molecule has 0 radical (unpaired) electrons. The van der Waals surface area contributed by atoms with Crippen molar-refractivity contribution in [1.82, 2.24) is 0 Å². The highest BCUT2D eigenvalue weighted by Gasteiger charge is 2.68. The van der Waals surface area contributed by atoms with E-state index in [1.54, 1.807) is 97.1 Å². The van der Waals surface area contributed by atoms with Crippen molar-refractivity contribution in [3.05, 3.63) is 144 Å². The Bertz CT molecular complexity index is 1190. The van der Waals surface area contributed by atoms with E-state index in [-0.39, 0.29) is 0 Å². The average Bonchev–Trinajstić information content (AvgIpc) is 3.38. The molecule has 0 aromatic heterocycles. The zero-order valence-electron chi connectivity index (χ0n) is 18.6. The molecule has 0 saturated carbocycles. The quantitative estimate of drug-likeness (QED) is 0.417. The van der Waals surface area contributed by atoms with Gasteiger partial charge in [0.2, 0.25) is 0 Å². The van der Waals surface area contributed by atoms with Gasteiger partial charge in [-0.3, -0.25) is 9.59 Å². The molecule has 0 amide bonds. The van der Waals surface area contributed by atoms with E-state index in [0.29, 0.717) is 22.3 Å². The summed E-state index contributed by atoms with van der Waals surface area (Å²) >= 11 is 0. The summed E-state index contributed by atoms with van der Waals surface area (Å²) in [4.78, 5) is 27.3. The van der Waals surface area contributed by atoms with Gasteiger partial charge in [0.25, 0.3) is 0 Å². The Morgan fingerprint density at radius 2 is 0.686 bits per heavy atom. The second kappa shape index (κ2) is 7.94. The minimum absolute atomic E-state index is 0.534. The van der Waals surface area contributed by atoms with Crippen LogP contribution in [-0.4, -0.2) is 18.9 Å². The van der Waals surface area contributed by atoms with Crippen LogP contribution >= 0.6 is 0 Å². The maximum atomic E-state index is 13.6. The summed E-state index contributed by atoms with van der Waals surface area (Å²) in [5.74, 6) is -1.45. The first-order valence-corrected chi connectivity index (χ1v) is 11.3. The second-order valence-corrected chi connectivity index (χ2v) is 8.45. The Hall–Kier alpha value is -4.20. The van der Waals surface area contributed by atoms with E-state index in [1.807, 2.05) is 24.3 Å². The summed E-state index contributed by atoms with van der Waals surface area (Å²) in [5.41, 5.74) is -1.21. The van der Waals surface area contributed by atoms with Gasteiger partial charge in [0.1, 0.15) is 0 Å². The molecular formula is C28H20BO6-. The summed E-state index contributed by atoms with van der Waals surface area (Å²) in [5, 5.41) is 0. The fourth-order valence-corrected chi connectivity index (χ4v) is 4.87. The van der Waals surface area contributed by atoms with Gasteiger partial charge in [-0.05, 0) is 22.3 Å². The highest BCUT2D eigenvalue weighted by Crippen LogP contribution is 2.51. The number of carbonyl (C=O) groups excluding carboxylic acids is 2. The van der Waals surface area contributed by atoms with Crippen molar-refractivity contribution in [2.24, 2.45) is 0 Å². The first-order valence-electron chi connectivity index (χ1n) is 11.3. The maximum Gasteiger partial charge on any atom is 0.658 e. The fourth-order valence-electron chi connectivity index (χ4n) is 4.87. The van der Waals surface area contributed by atoms with Crippen molar-refractivity contribution < 1.29 is 28.2 Å². The van der Waals surface area contributed by atoms with E-state index >= 15 is 0 Å². The molecule has 2 saturated heterocycles. The lowest BCUT2D eigenvalue weighted by molar-refractivity contribution is -0.141. The predicted molar refractivity (Wildman–Crippen MR) is 127 cm³/mol. The number of carbonyl (C=O) groups is 2. The van der Waals surface area contributed by atoms with Crippen molar-refractivity contribution in [2.75, 3.05) is 0 Å². The Balaban J connectivity index is 1.51. The van der Waals surface area contributed by atoms with Crippen molar-refractivity contribution in [3.63, 3.8) is 0 Å². The summed E-state index contributed by atoms with van der Waals surface area (Å²) in [6, 6.07) is 35.9. The van der Waals surface area contributed by atoms with Crippen molar-refractivity contribution in [2.45, 2.75) is 11.2 Å². The van der Waals surface area contributed by atoms with Crippen molar-refractivity contribution in [1.29, 1.82) is 0 Å². The lowest BCUT2D eigenvalue weighted by atomic mass is 9.85. The third-order valence-electron chi connectivity index (χ3n) is 6.44. The summed E-state index contributed by atoms with van der Waals surface area (Å²) in [6.07, 6.45) is 0. The smallest absolute Gasteiger partial charge is 0.605 e. The van der Waals surface area contributed by atoms with Crippen molar-refractivity contribution in [3.8, 4) is 0 Å². The van der Waals surface area contributed by atoms with Gasteiger partial charge >= 0.3 is 18.9 Å². The van der Waals surface area contributed by atoms with E-state index in [0.717, 1.165) is 0 Å². The van der Waals surface area contributed by atoms with E-state index in [2.05, 4.69) is 0 Å². The Morgan fingerprint density at radius 3 is 0.943 bits per heavy atom. The van der Waals surface area contributed by atoms with Crippen LogP contribution in [0.1, 0.15) is 22.3 Å². The fraction of sp³-hybridized carbons (Fsp3) is 0.0714. The van der Waals surface area contributed by atoms with Crippen LogP contribution in [0.5, 0.6) is 0 Å². The Labute approximate surface area is 202 Å². The molecule has 4 aromatic carbocycles. The maximum absolute atomic E-state index is 13.6. The average molecular weight is 463 g/mol. The van der Waals surface area contributed by atoms with E-state index in [4.69, 9.17) is 18.6 Å². The molecule has 0 N–H and O–H groups in total. The lowest BCUT2D eigenvalue weighted by Gasteiger charge is -2.35. The number of rotatable bonds is 4. The first-order chi connectivity index (χ1) is 17.1. The lowest BCUT2D eigenvalue weighted by Crippen LogP contribution is -2.45. The molecule has 0 atom stereocenters. The zero-order chi connectivity index (χ0) is 23.9. The van der Waals surface area contributed by atoms with Gasteiger partial charge in [-0.1, -0.05) is 121 Å². The molecule has 6 nitrogen and oxygen atoms in total. The molecule has 0 aliphatic carbocycles. The second-order valence-electron chi connectivity index (χ2n) is 8.45. The number of benzene rings is 4. The van der Waals surface area contributed by atoms with E-state index in [9.17, 15) is 9.59 Å². The molecule has 2 fully saturated rings. The standard InChI is InChI=1S/C28H20BO6/c30-25-27(21-13-5-1-6-14-21,22-15-7-2-8-16-22)34-29(32-25)33-26(31)28(35-29,23-17-9-3-10-18-23)24-19-11-4-12-20-24/h1-20H/q-1. The molecule has 0 bridgehead atoms. The van der Waals surface area contributed by atoms with Crippen LogP contribution in [0.15, 0.2) is 121 Å². The molecule has 4 aromatic rings. The SMILES string of the molecule is O=C1O[B-]2(OC(=O)C(c3ccccc3)(c3ccccc3)O2)OC1(c1ccccc1)c1ccccc1.